The predicted molar refractivity (Wildman–Crippen MR) is 57.8 cm³/mol. The zero-order valence-corrected chi connectivity index (χ0v) is 8.29. The fourth-order valence-electron chi connectivity index (χ4n) is 1.08. The van der Waals surface area contributed by atoms with E-state index in [-0.39, 0.29) is 6.61 Å². The van der Waals surface area contributed by atoms with E-state index in [4.69, 9.17) is 5.11 Å². The van der Waals surface area contributed by atoms with Gasteiger partial charge in [0.2, 0.25) is 0 Å². The van der Waals surface area contributed by atoms with E-state index in [0.717, 1.165) is 10.8 Å². The molecule has 0 spiro atoms. The number of para-hydroxylation sites is 1. The lowest BCUT2D eigenvalue weighted by atomic mass is 10.3. The summed E-state index contributed by atoms with van der Waals surface area (Å²) >= 11 is 1.49. The lowest BCUT2D eigenvalue weighted by Gasteiger charge is -2.00. The molecule has 14 heavy (non-hydrogen) atoms. The molecule has 1 heterocycles. The van der Waals surface area contributed by atoms with Crippen molar-refractivity contribution in [2.75, 3.05) is 5.32 Å². The van der Waals surface area contributed by atoms with Gasteiger partial charge in [-0.15, -0.1) is 11.3 Å². The Labute approximate surface area is 86.1 Å². The molecule has 0 amide bonds. The summed E-state index contributed by atoms with van der Waals surface area (Å²) in [7, 11) is 0. The van der Waals surface area contributed by atoms with Crippen LogP contribution in [0.15, 0.2) is 35.7 Å². The first-order valence-corrected chi connectivity index (χ1v) is 5.14. The van der Waals surface area contributed by atoms with Crippen molar-refractivity contribution in [3.63, 3.8) is 0 Å². The second kappa shape index (κ2) is 4.21. The normalized spacial score (nSPS) is 10.1. The number of benzene rings is 1. The van der Waals surface area contributed by atoms with Crippen LogP contribution >= 0.6 is 11.3 Å². The average molecular weight is 206 g/mol. The molecular formula is C10H10N2OS. The number of aliphatic hydroxyl groups excluding tert-OH is 1. The van der Waals surface area contributed by atoms with Gasteiger partial charge in [-0.1, -0.05) is 18.2 Å². The van der Waals surface area contributed by atoms with E-state index >= 15 is 0 Å². The zero-order valence-electron chi connectivity index (χ0n) is 7.47. The quantitative estimate of drug-likeness (QED) is 0.810. The first-order valence-electron chi connectivity index (χ1n) is 4.26. The third kappa shape index (κ3) is 2.10. The molecule has 3 nitrogen and oxygen atoms in total. The Kier molecular flexibility index (Phi) is 2.76. The summed E-state index contributed by atoms with van der Waals surface area (Å²) in [5.41, 5.74) is 1.71. The molecule has 0 saturated carbocycles. The number of hydrogen-bond acceptors (Lipinski definition) is 4. The Balaban J connectivity index is 2.11. The van der Waals surface area contributed by atoms with Gasteiger partial charge in [-0.25, -0.2) is 4.98 Å². The van der Waals surface area contributed by atoms with Gasteiger partial charge in [-0.2, -0.15) is 0 Å². The number of aromatic nitrogens is 1. The Bertz CT molecular complexity index is 400. The summed E-state index contributed by atoms with van der Waals surface area (Å²) in [5, 5.41) is 14.6. The molecule has 4 heteroatoms. The highest BCUT2D eigenvalue weighted by Gasteiger charge is 1.99. The van der Waals surface area contributed by atoms with Gasteiger partial charge in [0.15, 0.2) is 5.13 Å². The minimum Gasteiger partial charge on any atom is -0.390 e. The maximum absolute atomic E-state index is 8.83. The topological polar surface area (TPSA) is 45.1 Å². The molecule has 0 atom stereocenters. The van der Waals surface area contributed by atoms with Crippen molar-refractivity contribution in [3.8, 4) is 0 Å². The van der Waals surface area contributed by atoms with Crippen LogP contribution in [0.4, 0.5) is 10.8 Å². The summed E-state index contributed by atoms with van der Waals surface area (Å²) in [6.07, 6.45) is 0. The molecular weight excluding hydrogens is 196 g/mol. The van der Waals surface area contributed by atoms with Crippen LogP contribution in [-0.4, -0.2) is 10.1 Å². The van der Waals surface area contributed by atoms with Crippen molar-refractivity contribution in [1.29, 1.82) is 0 Å². The van der Waals surface area contributed by atoms with Crippen LogP contribution < -0.4 is 5.32 Å². The van der Waals surface area contributed by atoms with Crippen molar-refractivity contribution in [1.82, 2.24) is 4.98 Å². The molecule has 2 aromatic rings. The lowest BCUT2D eigenvalue weighted by Crippen LogP contribution is -1.89. The minimum atomic E-state index is -0.00697. The molecule has 1 aromatic heterocycles. The smallest absolute Gasteiger partial charge is 0.187 e. The van der Waals surface area contributed by atoms with Gasteiger partial charge in [0, 0.05) is 11.1 Å². The lowest BCUT2D eigenvalue weighted by molar-refractivity contribution is 0.278. The molecule has 0 fully saturated rings. The third-order valence-electron chi connectivity index (χ3n) is 1.74. The number of thiazole rings is 1. The van der Waals surface area contributed by atoms with Crippen LogP contribution in [0.5, 0.6) is 0 Å². The van der Waals surface area contributed by atoms with E-state index in [0.29, 0.717) is 5.69 Å². The number of rotatable bonds is 3. The monoisotopic (exact) mass is 206 g/mol. The summed E-state index contributed by atoms with van der Waals surface area (Å²) in [6.45, 7) is -0.00697. The largest absolute Gasteiger partial charge is 0.390 e. The van der Waals surface area contributed by atoms with E-state index < -0.39 is 0 Å². The number of hydrogen-bond donors (Lipinski definition) is 2. The fraction of sp³-hybridized carbons (Fsp3) is 0.100. The number of nitrogens with zero attached hydrogens (tertiary/aromatic N) is 1. The van der Waals surface area contributed by atoms with Crippen LogP contribution in [-0.2, 0) is 6.61 Å². The molecule has 0 aliphatic heterocycles. The number of aliphatic hydroxyl groups is 1. The Morgan fingerprint density at radius 1 is 1.29 bits per heavy atom. The minimum absolute atomic E-state index is 0.00697. The number of nitrogens with one attached hydrogen (secondary N) is 1. The fourth-order valence-corrected chi connectivity index (χ4v) is 1.80. The summed E-state index contributed by atoms with van der Waals surface area (Å²) in [5.74, 6) is 0. The van der Waals surface area contributed by atoms with E-state index in [2.05, 4.69) is 10.3 Å². The van der Waals surface area contributed by atoms with Crippen molar-refractivity contribution in [2.45, 2.75) is 6.61 Å². The molecule has 1 aromatic carbocycles. The standard InChI is InChI=1S/C10H10N2OS/c13-6-9-7-14-10(12-9)11-8-4-2-1-3-5-8/h1-5,7,13H,6H2,(H,11,12). The van der Waals surface area contributed by atoms with Gasteiger partial charge in [0.1, 0.15) is 0 Å². The second-order valence-electron chi connectivity index (χ2n) is 2.79. The predicted octanol–water partition coefficient (Wildman–Crippen LogP) is 2.38. The molecule has 0 saturated heterocycles. The first-order chi connectivity index (χ1) is 6.88. The van der Waals surface area contributed by atoms with Gasteiger partial charge < -0.3 is 10.4 Å². The number of anilines is 2. The van der Waals surface area contributed by atoms with Crippen LogP contribution in [0, 0.1) is 0 Å². The molecule has 2 N–H and O–H groups in total. The maximum atomic E-state index is 8.83. The Hall–Kier alpha value is -1.39. The highest BCUT2D eigenvalue weighted by atomic mass is 32.1. The maximum Gasteiger partial charge on any atom is 0.187 e. The van der Waals surface area contributed by atoms with E-state index in [1.165, 1.54) is 11.3 Å². The van der Waals surface area contributed by atoms with Crippen LogP contribution in [0.25, 0.3) is 0 Å². The van der Waals surface area contributed by atoms with Gasteiger partial charge in [0.25, 0.3) is 0 Å². The Morgan fingerprint density at radius 3 is 2.71 bits per heavy atom. The Morgan fingerprint density at radius 2 is 2.07 bits per heavy atom. The van der Waals surface area contributed by atoms with Crippen molar-refractivity contribution in [3.05, 3.63) is 41.4 Å². The highest BCUT2D eigenvalue weighted by molar-refractivity contribution is 7.13. The SMILES string of the molecule is OCc1csc(Nc2ccccc2)n1. The van der Waals surface area contributed by atoms with E-state index in [1.807, 2.05) is 35.7 Å². The average Bonchev–Trinajstić information content (AvgIpc) is 2.67. The summed E-state index contributed by atoms with van der Waals surface area (Å²) < 4.78 is 0. The summed E-state index contributed by atoms with van der Waals surface area (Å²) in [4.78, 5) is 4.18. The van der Waals surface area contributed by atoms with Crippen LogP contribution in [0.3, 0.4) is 0 Å². The second-order valence-corrected chi connectivity index (χ2v) is 3.65. The van der Waals surface area contributed by atoms with Gasteiger partial charge >= 0.3 is 0 Å². The molecule has 0 aliphatic carbocycles. The van der Waals surface area contributed by atoms with E-state index in [9.17, 15) is 0 Å². The molecule has 2 rings (SSSR count). The van der Waals surface area contributed by atoms with Gasteiger partial charge in [-0.3, -0.25) is 0 Å². The molecule has 0 aliphatic rings. The van der Waals surface area contributed by atoms with Crippen molar-refractivity contribution in [2.24, 2.45) is 0 Å². The molecule has 72 valence electrons. The molecule has 0 unspecified atom stereocenters. The third-order valence-corrected chi connectivity index (χ3v) is 2.55. The van der Waals surface area contributed by atoms with E-state index in [1.54, 1.807) is 0 Å². The van der Waals surface area contributed by atoms with Crippen LogP contribution in [0.2, 0.25) is 0 Å². The molecule has 0 radical (unpaired) electrons. The van der Waals surface area contributed by atoms with Crippen LogP contribution in [0.1, 0.15) is 5.69 Å². The molecule has 0 bridgehead atoms. The highest BCUT2D eigenvalue weighted by Crippen LogP contribution is 2.20. The first kappa shape index (κ1) is 9.18. The van der Waals surface area contributed by atoms with Crippen molar-refractivity contribution >= 4 is 22.2 Å². The van der Waals surface area contributed by atoms with Crippen molar-refractivity contribution < 1.29 is 5.11 Å². The zero-order chi connectivity index (χ0) is 9.80. The van der Waals surface area contributed by atoms with Gasteiger partial charge in [0.05, 0.1) is 12.3 Å². The van der Waals surface area contributed by atoms with Gasteiger partial charge in [-0.05, 0) is 12.1 Å². The summed E-state index contributed by atoms with van der Waals surface area (Å²) in [6, 6.07) is 9.83.